The van der Waals surface area contributed by atoms with Gasteiger partial charge in [0.15, 0.2) is 11.5 Å². The highest BCUT2D eigenvalue weighted by Crippen LogP contribution is 2.33. The van der Waals surface area contributed by atoms with Crippen molar-refractivity contribution in [2.75, 3.05) is 19.9 Å². The first kappa shape index (κ1) is 17.2. The summed E-state index contributed by atoms with van der Waals surface area (Å²) in [5.41, 5.74) is 1.00. The van der Waals surface area contributed by atoms with Crippen LogP contribution in [0.3, 0.4) is 0 Å². The normalized spacial score (nSPS) is 24.5. The van der Waals surface area contributed by atoms with Crippen molar-refractivity contribution in [3.8, 4) is 11.5 Å². The molecule has 6 nitrogen and oxygen atoms in total. The number of nitrogens with one attached hydrogen (secondary N) is 1. The van der Waals surface area contributed by atoms with Crippen molar-refractivity contribution in [3.63, 3.8) is 0 Å². The Morgan fingerprint density at radius 1 is 1.00 bits per heavy atom. The third-order valence-electron chi connectivity index (χ3n) is 5.77. The van der Waals surface area contributed by atoms with Crippen LogP contribution in [0, 0.1) is 11.8 Å². The van der Waals surface area contributed by atoms with E-state index in [0.717, 1.165) is 68.7 Å². The number of likely N-dealkylation sites (tertiary alicyclic amines) is 1. The first-order valence-corrected chi connectivity index (χ1v) is 9.66. The predicted molar refractivity (Wildman–Crippen MR) is 95.7 cm³/mol. The van der Waals surface area contributed by atoms with Crippen LogP contribution in [0.2, 0.25) is 0 Å². The minimum absolute atomic E-state index is 0.0200. The summed E-state index contributed by atoms with van der Waals surface area (Å²) >= 11 is 0. The van der Waals surface area contributed by atoms with Gasteiger partial charge in [0, 0.05) is 31.5 Å². The number of rotatable bonds is 4. The molecule has 0 aromatic heterocycles. The molecule has 1 aromatic carbocycles. The third-order valence-corrected chi connectivity index (χ3v) is 5.77. The van der Waals surface area contributed by atoms with Crippen LogP contribution < -0.4 is 14.8 Å². The number of nitrogens with zero attached hydrogens (tertiary/aromatic N) is 1. The van der Waals surface area contributed by atoms with Crippen LogP contribution in [0.15, 0.2) is 18.2 Å². The van der Waals surface area contributed by atoms with Gasteiger partial charge in [0.25, 0.3) is 0 Å². The minimum atomic E-state index is 0.0200. The lowest BCUT2D eigenvalue weighted by Gasteiger charge is -2.29. The highest BCUT2D eigenvalue weighted by atomic mass is 16.7. The van der Waals surface area contributed by atoms with Gasteiger partial charge in [0.1, 0.15) is 0 Å². The van der Waals surface area contributed by atoms with E-state index in [2.05, 4.69) is 5.32 Å². The zero-order valence-corrected chi connectivity index (χ0v) is 15.0. The number of amides is 2. The average molecular weight is 358 g/mol. The Hall–Kier alpha value is -2.24. The van der Waals surface area contributed by atoms with Gasteiger partial charge < -0.3 is 19.7 Å². The predicted octanol–water partition coefficient (Wildman–Crippen LogP) is 2.46. The molecule has 26 heavy (non-hydrogen) atoms. The van der Waals surface area contributed by atoms with Gasteiger partial charge in [-0.2, -0.15) is 0 Å². The van der Waals surface area contributed by atoms with Gasteiger partial charge in [-0.3, -0.25) is 9.59 Å². The summed E-state index contributed by atoms with van der Waals surface area (Å²) < 4.78 is 10.7. The molecule has 2 aliphatic heterocycles. The van der Waals surface area contributed by atoms with Gasteiger partial charge in [-0.15, -0.1) is 0 Å². The zero-order valence-electron chi connectivity index (χ0n) is 15.0. The van der Waals surface area contributed by atoms with Crippen LogP contribution in [0.5, 0.6) is 11.5 Å². The number of carbonyl (C=O) groups excluding carboxylic acids is 2. The zero-order chi connectivity index (χ0) is 17.9. The molecular formula is C20H26N2O4. The number of benzene rings is 1. The number of hydrogen-bond donors (Lipinski definition) is 1. The van der Waals surface area contributed by atoms with E-state index in [1.807, 2.05) is 23.1 Å². The summed E-state index contributed by atoms with van der Waals surface area (Å²) in [6, 6.07) is 5.73. The largest absolute Gasteiger partial charge is 0.454 e. The second kappa shape index (κ2) is 7.56. The molecule has 1 N–H and O–H groups in total. The maximum atomic E-state index is 12.5. The third kappa shape index (κ3) is 3.64. The molecule has 4 rings (SSSR count). The molecule has 1 saturated carbocycles. The fourth-order valence-electron chi connectivity index (χ4n) is 4.18. The molecule has 1 aliphatic carbocycles. The molecule has 3 aliphatic rings. The van der Waals surface area contributed by atoms with Crippen LogP contribution in [0.1, 0.15) is 44.1 Å². The first-order valence-electron chi connectivity index (χ1n) is 9.66. The molecule has 0 atom stereocenters. The topological polar surface area (TPSA) is 67.9 Å². The molecule has 0 bridgehead atoms. The summed E-state index contributed by atoms with van der Waals surface area (Å²) in [5.74, 6) is 2.02. The molecule has 6 heteroatoms. The standard InChI is InChI=1S/C20H26N2O4/c23-19(21-12-14-3-8-17-18(11-14)26-13-25-17)15-4-6-16(7-5-15)20(24)22-9-1-2-10-22/h3,8,11,15-16H,1-2,4-7,9-10,12-13H2,(H,21,23). The Morgan fingerprint density at radius 2 is 1.69 bits per heavy atom. The summed E-state index contributed by atoms with van der Waals surface area (Å²) in [7, 11) is 0. The quantitative estimate of drug-likeness (QED) is 0.898. The van der Waals surface area contributed by atoms with E-state index < -0.39 is 0 Å². The summed E-state index contributed by atoms with van der Waals surface area (Å²) in [6.45, 7) is 2.57. The SMILES string of the molecule is O=C(NCc1ccc2c(c1)OCO2)C1CCC(C(=O)N2CCCC2)CC1. The van der Waals surface area contributed by atoms with Gasteiger partial charge in [0.2, 0.25) is 18.6 Å². The van der Waals surface area contributed by atoms with Crippen LogP contribution in [-0.4, -0.2) is 36.6 Å². The Kier molecular flexibility index (Phi) is 5.00. The van der Waals surface area contributed by atoms with Gasteiger partial charge in [-0.05, 0) is 56.2 Å². The Bertz CT molecular complexity index is 676. The molecule has 1 saturated heterocycles. The minimum Gasteiger partial charge on any atom is -0.454 e. The van der Waals surface area contributed by atoms with Crippen LogP contribution >= 0.6 is 0 Å². The first-order chi connectivity index (χ1) is 12.7. The summed E-state index contributed by atoms with van der Waals surface area (Å²) in [5, 5.41) is 3.03. The Morgan fingerprint density at radius 3 is 2.46 bits per heavy atom. The second-order valence-corrected chi connectivity index (χ2v) is 7.49. The van der Waals surface area contributed by atoms with Gasteiger partial charge in [0.05, 0.1) is 0 Å². The number of carbonyl (C=O) groups is 2. The molecule has 0 spiro atoms. The molecule has 2 fully saturated rings. The lowest BCUT2D eigenvalue weighted by atomic mass is 9.81. The molecule has 140 valence electrons. The number of ether oxygens (including phenoxy) is 2. The highest BCUT2D eigenvalue weighted by Gasteiger charge is 2.32. The van der Waals surface area contributed by atoms with E-state index in [4.69, 9.17) is 9.47 Å². The van der Waals surface area contributed by atoms with Gasteiger partial charge in [-0.1, -0.05) is 6.07 Å². The van der Waals surface area contributed by atoms with E-state index in [0.29, 0.717) is 12.5 Å². The van der Waals surface area contributed by atoms with Crippen molar-refractivity contribution >= 4 is 11.8 Å². The van der Waals surface area contributed by atoms with Gasteiger partial charge >= 0.3 is 0 Å². The van der Waals surface area contributed by atoms with E-state index >= 15 is 0 Å². The maximum Gasteiger partial charge on any atom is 0.231 e. The lowest BCUT2D eigenvalue weighted by Crippen LogP contribution is -2.38. The van der Waals surface area contributed by atoms with Crippen molar-refractivity contribution < 1.29 is 19.1 Å². The maximum absolute atomic E-state index is 12.5. The van der Waals surface area contributed by atoms with Crippen molar-refractivity contribution in [1.82, 2.24) is 10.2 Å². The van der Waals surface area contributed by atoms with Crippen LogP contribution in [0.25, 0.3) is 0 Å². The summed E-state index contributed by atoms with van der Waals surface area (Å²) in [4.78, 5) is 27.0. The smallest absolute Gasteiger partial charge is 0.231 e. The Balaban J connectivity index is 1.24. The van der Waals surface area contributed by atoms with Gasteiger partial charge in [-0.25, -0.2) is 0 Å². The molecule has 2 amide bonds. The average Bonchev–Trinajstić information content (AvgIpc) is 3.37. The molecule has 1 aromatic rings. The molecular weight excluding hydrogens is 332 g/mol. The lowest BCUT2D eigenvalue weighted by molar-refractivity contribution is -0.137. The van der Waals surface area contributed by atoms with Crippen LogP contribution in [0.4, 0.5) is 0 Å². The Labute approximate surface area is 153 Å². The molecule has 2 heterocycles. The number of hydrogen-bond acceptors (Lipinski definition) is 4. The van der Waals surface area contributed by atoms with Crippen molar-refractivity contribution in [3.05, 3.63) is 23.8 Å². The second-order valence-electron chi connectivity index (χ2n) is 7.49. The molecule has 0 radical (unpaired) electrons. The van der Waals surface area contributed by atoms with Crippen LogP contribution in [-0.2, 0) is 16.1 Å². The monoisotopic (exact) mass is 358 g/mol. The summed E-state index contributed by atoms with van der Waals surface area (Å²) in [6.07, 6.45) is 5.52. The van der Waals surface area contributed by atoms with E-state index in [1.165, 1.54) is 0 Å². The fourth-order valence-corrected chi connectivity index (χ4v) is 4.18. The molecule has 0 unspecified atom stereocenters. The highest BCUT2D eigenvalue weighted by molar-refractivity contribution is 5.81. The van der Waals surface area contributed by atoms with E-state index in [1.54, 1.807) is 0 Å². The fraction of sp³-hybridized carbons (Fsp3) is 0.600. The van der Waals surface area contributed by atoms with Crippen molar-refractivity contribution in [1.29, 1.82) is 0 Å². The van der Waals surface area contributed by atoms with E-state index in [-0.39, 0.29) is 24.5 Å². The van der Waals surface area contributed by atoms with Crippen molar-refractivity contribution in [2.24, 2.45) is 11.8 Å². The van der Waals surface area contributed by atoms with E-state index in [9.17, 15) is 9.59 Å². The number of fused-ring (bicyclic) bond motifs is 1. The van der Waals surface area contributed by atoms with Crippen molar-refractivity contribution in [2.45, 2.75) is 45.1 Å².